The largest absolute Gasteiger partial charge is 0.507 e. The maximum Gasteiger partial charge on any atom is 0.194 e. The van der Waals surface area contributed by atoms with E-state index in [1.807, 2.05) is 36.4 Å². The van der Waals surface area contributed by atoms with Gasteiger partial charge in [-0.1, -0.05) is 62.3 Å². The van der Waals surface area contributed by atoms with Crippen LogP contribution in [0.1, 0.15) is 79.0 Å². The summed E-state index contributed by atoms with van der Waals surface area (Å²) in [5.74, 6) is 0.146. The minimum Gasteiger partial charge on any atom is -0.507 e. The number of phenolic OH excluding ortho intramolecular Hbond substituents is 1. The topological polar surface area (TPSA) is 54.4 Å². The number of benzene rings is 6. The zero-order chi connectivity index (χ0) is 27.0. The SMILES string of the molecule is CC(C)(C)c1cc2c3c(c1)c(=O)c1cc(C(C)(C)C)cc4c(O)c5cc(C(C)(C)C)cc(c2=O)c5c-3c41. The summed E-state index contributed by atoms with van der Waals surface area (Å²) in [5, 5.41) is 17.0. The summed E-state index contributed by atoms with van der Waals surface area (Å²) in [6, 6.07) is 12.0. The quantitative estimate of drug-likeness (QED) is 0.173. The van der Waals surface area contributed by atoms with E-state index in [0.29, 0.717) is 32.3 Å². The van der Waals surface area contributed by atoms with E-state index < -0.39 is 0 Å². The van der Waals surface area contributed by atoms with E-state index in [1.165, 1.54) is 0 Å². The molecule has 3 heteroatoms. The van der Waals surface area contributed by atoms with Gasteiger partial charge in [0.25, 0.3) is 0 Å². The normalized spacial score (nSPS) is 13.9. The van der Waals surface area contributed by atoms with Gasteiger partial charge in [0.05, 0.1) is 0 Å². The minimum absolute atomic E-state index is 0.0766. The fraction of sp³-hybridized carbons (Fsp3) is 0.353. The van der Waals surface area contributed by atoms with Crippen LogP contribution in [0.25, 0.3) is 54.2 Å². The lowest BCUT2D eigenvalue weighted by Gasteiger charge is -2.28. The van der Waals surface area contributed by atoms with E-state index in [-0.39, 0.29) is 32.9 Å². The van der Waals surface area contributed by atoms with Crippen LogP contribution in [-0.2, 0) is 16.2 Å². The molecule has 0 aromatic heterocycles. The fourth-order valence-electron chi connectivity index (χ4n) is 5.93. The van der Waals surface area contributed by atoms with E-state index in [0.717, 1.165) is 38.6 Å². The van der Waals surface area contributed by atoms with Crippen molar-refractivity contribution in [3.8, 4) is 16.9 Å². The van der Waals surface area contributed by atoms with Crippen LogP contribution in [0.2, 0.25) is 0 Å². The number of phenols is 1. The number of rotatable bonds is 0. The van der Waals surface area contributed by atoms with Crippen LogP contribution in [0.4, 0.5) is 0 Å². The maximum atomic E-state index is 14.2. The molecule has 0 saturated heterocycles. The van der Waals surface area contributed by atoms with Crippen molar-refractivity contribution in [2.45, 2.75) is 78.6 Å². The maximum absolute atomic E-state index is 14.2. The molecule has 0 amide bonds. The van der Waals surface area contributed by atoms with E-state index in [9.17, 15) is 14.7 Å². The zero-order valence-electron chi connectivity index (χ0n) is 23.2. The first-order valence-corrected chi connectivity index (χ1v) is 13.1. The van der Waals surface area contributed by atoms with Crippen LogP contribution >= 0.6 is 0 Å². The first-order valence-electron chi connectivity index (χ1n) is 13.1. The van der Waals surface area contributed by atoms with Gasteiger partial charge < -0.3 is 5.11 Å². The van der Waals surface area contributed by atoms with E-state index in [4.69, 9.17) is 0 Å². The lowest BCUT2D eigenvalue weighted by atomic mass is 9.75. The highest BCUT2D eigenvalue weighted by Crippen LogP contribution is 2.51. The Kier molecular flexibility index (Phi) is 4.45. The molecule has 0 saturated carbocycles. The lowest BCUT2D eigenvalue weighted by molar-refractivity contribution is 0.487. The third-order valence-electron chi connectivity index (χ3n) is 8.25. The molecule has 4 aromatic rings. The number of hydrogen-bond acceptors (Lipinski definition) is 3. The predicted octanol–water partition coefficient (Wildman–Crippen LogP) is 8.04. The summed E-state index contributed by atoms with van der Waals surface area (Å²) in [7, 11) is 0. The van der Waals surface area contributed by atoms with Crippen molar-refractivity contribution in [3.05, 3.63) is 73.5 Å². The molecule has 3 nitrogen and oxygen atoms in total. The molecular weight excluding hydrogens is 456 g/mol. The molecular formula is C34H34O3. The molecule has 4 aromatic carbocycles. The Labute approximate surface area is 217 Å². The first kappa shape index (κ1) is 23.9. The predicted molar refractivity (Wildman–Crippen MR) is 157 cm³/mol. The van der Waals surface area contributed by atoms with Crippen molar-refractivity contribution in [2.24, 2.45) is 0 Å². The summed E-state index contributed by atoms with van der Waals surface area (Å²) in [6.45, 7) is 19.0. The van der Waals surface area contributed by atoms with Crippen LogP contribution in [0.3, 0.4) is 0 Å². The molecule has 0 atom stereocenters. The van der Waals surface area contributed by atoms with Gasteiger partial charge in [0.2, 0.25) is 0 Å². The molecule has 188 valence electrons. The molecule has 1 N–H and O–H groups in total. The Hall–Kier alpha value is -3.46. The van der Waals surface area contributed by atoms with E-state index >= 15 is 0 Å². The van der Waals surface area contributed by atoms with Crippen LogP contribution in [0, 0.1) is 0 Å². The van der Waals surface area contributed by atoms with Gasteiger partial charge in [0.15, 0.2) is 10.9 Å². The molecule has 0 aliphatic heterocycles. The van der Waals surface area contributed by atoms with Gasteiger partial charge in [-0.05, 0) is 69.3 Å². The second kappa shape index (κ2) is 6.89. The summed E-state index contributed by atoms with van der Waals surface area (Å²) in [4.78, 5) is 28.3. The third-order valence-corrected chi connectivity index (χ3v) is 8.25. The second-order valence-corrected chi connectivity index (χ2v) is 14.0. The third kappa shape index (κ3) is 3.13. The van der Waals surface area contributed by atoms with Gasteiger partial charge in [-0.25, -0.2) is 0 Å². The van der Waals surface area contributed by atoms with Crippen LogP contribution in [0.5, 0.6) is 5.75 Å². The van der Waals surface area contributed by atoms with Crippen molar-refractivity contribution in [2.75, 3.05) is 0 Å². The van der Waals surface area contributed by atoms with Crippen molar-refractivity contribution in [1.82, 2.24) is 0 Å². The average Bonchev–Trinajstić information content (AvgIpc) is 2.79. The minimum atomic E-state index is -0.229. The molecule has 0 unspecified atom stereocenters. The van der Waals surface area contributed by atoms with Crippen LogP contribution in [0.15, 0.2) is 46.0 Å². The van der Waals surface area contributed by atoms with Gasteiger partial charge in [0.1, 0.15) is 5.75 Å². The summed E-state index contributed by atoms with van der Waals surface area (Å²) < 4.78 is 0. The standard InChI is InChI=1S/C34H34O3/c1-32(2,3)16-10-19-25-20(11-16)30(36)22-13-18(34(7,8)9)15-24-27(22)28(25)26-21(29(19)35)12-17(33(4,5)6)14-23(26)31(24)37/h10-15,35H,1-9H3. The molecule has 0 radical (unpaired) electrons. The Morgan fingerprint density at radius 2 is 0.757 bits per heavy atom. The summed E-state index contributed by atoms with van der Waals surface area (Å²) >= 11 is 0. The van der Waals surface area contributed by atoms with Gasteiger partial charge in [-0.2, -0.15) is 0 Å². The van der Waals surface area contributed by atoms with E-state index in [1.54, 1.807) is 0 Å². The molecule has 0 bridgehead atoms. The molecule has 6 rings (SSSR count). The fourth-order valence-corrected chi connectivity index (χ4v) is 5.93. The lowest BCUT2D eigenvalue weighted by Crippen LogP contribution is -2.19. The summed E-state index contributed by atoms with van der Waals surface area (Å²) in [5.41, 5.74) is 3.81. The second-order valence-electron chi connectivity index (χ2n) is 14.0. The van der Waals surface area contributed by atoms with Crippen molar-refractivity contribution < 1.29 is 5.11 Å². The van der Waals surface area contributed by atoms with Gasteiger partial charge in [-0.3, -0.25) is 9.59 Å². The average molecular weight is 491 g/mol. The zero-order valence-corrected chi connectivity index (χ0v) is 23.2. The highest BCUT2D eigenvalue weighted by atomic mass is 16.3. The van der Waals surface area contributed by atoms with Gasteiger partial charge in [0, 0.05) is 54.2 Å². The van der Waals surface area contributed by atoms with Crippen LogP contribution in [-0.4, -0.2) is 5.11 Å². The van der Waals surface area contributed by atoms with Gasteiger partial charge >= 0.3 is 0 Å². The molecule has 2 aliphatic rings. The molecule has 0 spiro atoms. The Bertz CT molecular complexity index is 1830. The molecule has 37 heavy (non-hydrogen) atoms. The highest BCUT2D eigenvalue weighted by molar-refractivity contribution is 6.32. The molecule has 0 fully saturated rings. The van der Waals surface area contributed by atoms with Crippen molar-refractivity contribution in [3.63, 3.8) is 0 Å². The monoisotopic (exact) mass is 490 g/mol. The van der Waals surface area contributed by atoms with E-state index in [2.05, 4.69) is 62.3 Å². The molecule has 0 heterocycles. The van der Waals surface area contributed by atoms with Crippen molar-refractivity contribution >= 4 is 43.1 Å². The summed E-state index contributed by atoms with van der Waals surface area (Å²) in [6.07, 6.45) is 0. The number of hydrogen-bond donors (Lipinski definition) is 1. The highest BCUT2D eigenvalue weighted by Gasteiger charge is 2.32. The molecule has 2 aliphatic carbocycles. The first-order chi connectivity index (χ1) is 17.0. The Morgan fingerprint density at radius 3 is 1.08 bits per heavy atom. The van der Waals surface area contributed by atoms with Crippen LogP contribution < -0.4 is 10.9 Å². The van der Waals surface area contributed by atoms with Gasteiger partial charge in [-0.15, -0.1) is 0 Å². The Morgan fingerprint density at radius 1 is 0.459 bits per heavy atom. The van der Waals surface area contributed by atoms with Crippen molar-refractivity contribution in [1.29, 1.82) is 0 Å². The smallest absolute Gasteiger partial charge is 0.194 e. The Balaban J connectivity index is 2.04. The number of aromatic hydroxyl groups is 1.